The largest absolute Gasteiger partial charge is 0.508 e. The third-order valence-corrected chi connectivity index (χ3v) is 10.9. The third-order valence-electron chi connectivity index (χ3n) is 10.9. The molecule has 0 spiro atoms. The topological polar surface area (TPSA) is 171 Å². The number of rotatable bonds is 4. The Morgan fingerprint density at radius 3 is 1.41 bits per heavy atom. The number of phenolic OH excluding ortho intramolecular Hbond substituents is 8. The zero-order valence-corrected chi connectivity index (χ0v) is 26.8. The van der Waals surface area contributed by atoms with Crippen LogP contribution in [-0.2, 0) is 0 Å². The molecule has 6 aromatic rings. The van der Waals surface area contributed by atoms with Crippen LogP contribution in [0.1, 0.15) is 85.8 Å². The molecule has 0 saturated heterocycles. The molecule has 9 nitrogen and oxygen atoms in total. The maximum atomic E-state index is 12.1. The lowest BCUT2D eigenvalue weighted by atomic mass is 9.69. The van der Waals surface area contributed by atoms with Crippen molar-refractivity contribution in [3.8, 4) is 51.7 Å². The average molecular weight is 681 g/mol. The lowest BCUT2D eigenvalue weighted by molar-refractivity contribution is 0.221. The monoisotopic (exact) mass is 680 g/mol. The van der Waals surface area contributed by atoms with Gasteiger partial charge in [0.1, 0.15) is 57.8 Å². The molecule has 0 unspecified atom stereocenters. The van der Waals surface area contributed by atoms with Crippen molar-refractivity contribution in [1.29, 1.82) is 0 Å². The van der Waals surface area contributed by atoms with E-state index in [0.717, 1.165) is 27.8 Å². The summed E-state index contributed by atoms with van der Waals surface area (Å²) in [6.07, 6.45) is -0.693. The minimum atomic E-state index is -0.693. The molecule has 0 aromatic heterocycles. The van der Waals surface area contributed by atoms with Crippen molar-refractivity contribution in [3.05, 3.63) is 159 Å². The van der Waals surface area contributed by atoms with Gasteiger partial charge in [-0.3, -0.25) is 0 Å². The first kappa shape index (κ1) is 30.6. The van der Waals surface area contributed by atoms with Crippen LogP contribution in [0.4, 0.5) is 0 Å². The predicted octanol–water partition coefficient (Wildman–Crippen LogP) is 7.76. The van der Waals surface area contributed by atoms with Crippen LogP contribution in [0.15, 0.2) is 109 Å². The van der Waals surface area contributed by atoms with Crippen molar-refractivity contribution in [1.82, 2.24) is 0 Å². The van der Waals surface area contributed by atoms with Crippen LogP contribution < -0.4 is 4.74 Å². The van der Waals surface area contributed by atoms with Gasteiger partial charge >= 0.3 is 0 Å². The third kappa shape index (κ3) is 4.61. The summed E-state index contributed by atoms with van der Waals surface area (Å²) in [5, 5.41) is 87.6. The van der Waals surface area contributed by atoms with Gasteiger partial charge in [0.25, 0.3) is 0 Å². The van der Waals surface area contributed by atoms with Gasteiger partial charge in [-0.25, -0.2) is 0 Å². The highest BCUT2D eigenvalue weighted by Crippen LogP contribution is 2.70. The summed E-state index contributed by atoms with van der Waals surface area (Å²) in [6, 6.07) is 29.0. The Hall–Kier alpha value is -6.48. The van der Waals surface area contributed by atoms with Crippen molar-refractivity contribution in [3.63, 3.8) is 0 Å². The molecule has 1 aliphatic heterocycles. The second kappa shape index (κ2) is 11.0. The maximum absolute atomic E-state index is 12.1. The SMILES string of the molecule is Oc1ccc([C@@H]2c3c(O)cc(O)cc3[C@@H]3c4c(cc(O)c5c4[C@@H]2[C@@H](c2cc(O)cc(O)c2)[C@H]5c2ccc(O)cc2)O[C@H]3c2ccc(O)cc2)cc1. The van der Waals surface area contributed by atoms with E-state index in [2.05, 4.69) is 0 Å². The summed E-state index contributed by atoms with van der Waals surface area (Å²) in [5.74, 6) is -3.08. The average Bonchev–Trinajstić information content (AvgIpc) is 3.60. The molecule has 0 fully saturated rings. The standard InChI is InChI=1S/C42H32O9/c43-23-7-1-19(2-8-23)33-35(22-13-26(46)15-27(47)14-22)40-34(20-3-9-24(44)10-4-20)36-29(16-28(48)17-30(36)49)37-39-32(18-31(50)38(33)41(39)40)51-42(37)21-5-11-25(45)12-6-21/h1-18,33-35,37,40,42-50H/t33-,34-,35+,37-,40+,42+/m1/s1. The van der Waals surface area contributed by atoms with E-state index in [4.69, 9.17) is 4.74 Å². The number of benzene rings is 6. The molecule has 9 rings (SSSR count). The highest BCUT2D eigenvalue weighted by Gasteiger charge is 2.56. The Kier molecular flexibility index (Phi) is 6.60. The molecule has 0 saturated carbocycles. The molecular weight excluding hydrogens is 648 g/mol. The van der Waals surface area contributed by atoms with E-state index in [-0.39, 0.29) is 46.0 Å². The Bertz CT molecular complexity index is 2330. The van der Waals surface area contributed by atoms with Crippen LogP contribution in [0.5, 0.6) is 51.7 Å². The second-order valence-corrected chi connectivity index (χ2v) is 13.7. The molecule has 254 valence electrons. The lowest BCUT2D eigenvalue weighted by Gasteiger charge is -2.34. The van der Waals surface area contributed by atoms with Crippen LogP contribution in [0.25, 0.3) is 0 Å². The highest BCUT2D eigenvalue weighted by atomic mass is 16.5. The van der Waals surface area contributed by atoms with E-state index < -0.39 is 35.7 Å². The van der Waals surface area contributed by atoms with Gasteiger partial charge in [0, 0.05) is 58.6 Å². The van der Waals surface area contributed by atoms with E-state index in [1.54, 1.807) is 97.1 Å². The van der Waals surface area contributed by atoms with Crippen molar-refractivity contribution in [2.24, 2.45) is 0 Å². The van der Waals surface area contributed by atoms with Crippen molar-refractivity contribution in [2.45, 2.75) is 35.7 Å². The molecule has 51 heavy (non-hydrogen) atoms. The van der Waals surface area contributed by atoms with Crippen LogP contribution in [-0.4, -0.2) is 40.9 Å². The first-order valence-corrected chi connectivity index (χ1v) is 16.6. The minimum Gasteiger partial charge on any atom is -0.508 e. The summed E-state index contributed by atoms with van der Waals surface area (Å²) in [4.78, 5) is 0. The molecule has 8 N–H and O–H groups in total. The first-order valence-electron chi connectivity index (χ1n) is 16.6. The summed E-state index contributed by atoms with van der Waals surface area (Å²) >= 11 is 0. The molecule has 0 amide bonds. The molecule has 0 bridgehead atoms. The molecule has 6 atom stereocenters. The normalized spacial score (nSPS) is 22.5. The van der Waals surface area contributed by atoms with Gasteiger partial charge < -0.3 is 45.6 Å². The molecule has 2 aliphatic carbocycles. The Morgan fingerprint density at radius 2 is 0.843 bits per heavy atom. The summed E-state index contributed by atoms with van der Waals surface area (Å²) in [5.41, 5.74) is 5.99. The maximum Gasteiger partial charge on any atom is 0.135 e. The highest BCUT2D eigenvalue weighted by molar-refractivity contribution is 5.72. The number of fused-ring (bicyclic) bond motifs is 2. The van der Waals surface area contributed by atoms with Gasteiger partial charge in [-0.05, 0) is 88.0 Å². The van der Waals surface area contributed by atoms with Gasteiger partial charge in [-0.15, -0.1) is 0 Å². The zero-order valence-electron chi connectivity index (χ0n) is 26.8. The summed E-state index contributed by atoms with van der Waals surface area (Å²) < 4.78 is 6.70. The molecule has 0 radical (unpaired) electrons. The van der Waals surface area contributed by atoms with E-state index in [0.29, 0.717) is 28.0 Å². The fraction of sp³-hybridized carbons (Fsp3) is 0.143. The van der Waals surface area contributed by atoms with E-state index in [1.807, 2.05) is 0 Å². The fourth-order valence-electron chi connectivity index (χ4n) is 9.08. The van der Waals surface area contributed by atoms with E-state index in [9.17, 15) is 40.9 Å². The van der Waals surface area contributed by atoms with E-state index in [1.165, 1.54) is 12.1 Å². The van der Waals surface area contributed by atoms with Crippen LogP contribution in [0.3, 0.4) is 0 Å². The minimum absolute atomic E-state index is 0.0358. The second-order valence-electron chi connectivity index (χ2n) is 13.7. The van der Waals surface area contributed by atoms with Crippen LogP contribution >= 0.6 is 0 Å². The smallest absolute Gasteiger partial charge is 0.135 e. The lowest BCUT2D eigenvalue weighted by Crippen LogP contribution is -2.20. The molecule has 3 aliphatic rings. The number of aromatic hydroxyl groups is 8. The summed E-state index contributed by atoms with van der Waals surface area (Å²) in [6.45, 7) is 0. The molecule has 1 heterocycles. The fourth-order valence-corrected chi connectivity index (χ4v) is 9.08. The van der Waals surface area contributed by atoms with Gasteiger partial charge in [0.2, 0.25) is 0 Å². The zero-order chi connectivity index (χ0) is 35.3. The Labute approximate surface area is 291 Å². The first-order chi connectivity index (χ1) is 24.6. The number of ether oxygens (including phenoxy) is 1. The Balaban J connectivity index is 1.44. The quantitative estimate of drug-likeness (QED) is 0.0927. The van der Waals surface area contributed by atoms with Crippen LogP contribution in [0, 0.1) is 0 Å². The van der Waals surface area contributed by atoms with Gasteiger partial charge in [0.05, 0.1) is 5.92 Å². The van der Waals surface area contributed by atoms with Crippen molar-refractivity contribution < 1.29 is 45.6 Å². The van der Waals surface area contributed by atoms with Gasteiger partial charge in [0.15, 0.2) is 0 Å². The Morgan fingerprint density at radius 1 is 0.353 bits per heavy atom. The van der Waals surface area contributed by atoms with Crippen molar-refractivity contribution in [2.75, 3.05) is 0 Å². The van der Waals surface area contributed by atoms with Gasteiger partial charge in [-0.1, -0.05) is 36.4 Å². The molecular formula is C42H32O9. The predicted molar refractivity (Wildman–Crippen MR) is 186 cm³/mol. The van der Waals surface area contributed by atoms with E-state index >= 15 is 0 Å². The van der Waals surface area contributed by atoms with Crippen molar-refractivity contribution >= 4 is 0 Å². The number of phenols is 8. The number of hydrogen-bond acceptors (Lipinski definition) is 9. The van der Waals surface area contributed by atoms with Gasteiger partial charge in [-0.2, -0.15) is 0 Å². The summed E-state index contributed by atoms with van der Waals surface area (Å²) in [7, 11) is 0. The number of hydrogen-bond donors (Lipinski definition) is 8. The molecule has 9 heteroatoms. The van der Waals surface area contributed by atoms with Crippen LogP contribution in [0.2, 0.25) is 0 Å². The molecule has 6 aromatic carbocycles.